The lowest BCUT2D eigenvalue weighted by Crippen LogP contribution is -2.41. The zero-order valence-corrected chi connectivity index (χ0v) is 54.3. The SMILES string of the molecule is CCCCCCOc1ccc(Oc2cc3c4c(cc(Oc5ccc(OCCCCCC)cc5)c5c6c(Oc7ccc(OCCCCCC)cc7)cc7c8c(cc(Oc9ccc(OCCCCCC)cc9)c(c2c45)c86)C(=O)N(CCC)C7=O)C(=O)N(CCC)C3=O)cc1. The number of hydrogen-bond donors (Lipinski definition) is 0. The standard InChI is InChI=1S/C78H86N2O12/c1-7-13-17-21-43-85-51-25-33-55(34-26-51)89-63-47-59-67-60(76(82)79(41-11-5)75(59)81)49-65(91-57-37-29-53(30-38-57)87-45-23-19-15-9-3)71-72-66(92-58-39-31-54(32-40-58)88-46-24-20-16-10-4)50-62-68-61(77(83)80(42-12-6)78(62)84)48-64(70(74(68)72)69(63)73(67)71)90-56-35-27-52(28-36-56)86-44-22-18-14-8-2/h25-40,47-50H,7-24,41-46H2,1-6H3. The fraction of sp³-hybridized carbons (Fsp3) is 0.385. The number of rotatable bonds is 36. The highest BCUT2D eigenvalue weighted by atomic mass is 16.5. The number of unbranched alkanes of at least 4 members (excludes halogenated alkanes) is 12. The van der Waals surface area contributed by atoms with Crippen LogP contribution in [0.4, 0.5) is 0 Å². The maximum Gasteiger partial charge on any atom is 0.261 e. The zero-order valence-electron chi connectivity index (χ0n) is 54.3. The van der Waals surface area contributed by atoms with E-state index in [1.807, 2.05) is 111 Å². The van der Waals surface area contributed by atoms with Gasteiger partial charge in [0, 0.05) is 56.2 Å². The number of imide groups is 2. The van der Waals surface area contributed by atoms with E-state index in [1.165, 1.54) is 9.80 Å². The van der Waals surface area contributed by atoms with Crippen LogP contribution in [0.5, 0.6) is 69.0 Å². The third-order valence-electron chi connectivity index (χ3n) is 17.2. The average molecular weight is 1240 g/mol. The topological polar surface area (TPSA) is 149 Å². The number of hydrogen-bond acceptors (Lipinski definition) is 12. The summed E-state index contributed by atoms with van der Waals surface area (Å²) in [6.45, 7) is 15.1. The summed E-state index contributed by atoms with van der Waals surface area (Å²) >= 11 is 0. The monoisotopic (exact) mass is 1240 g/mol. The second-order valence-electron chi connectivity index (χ2n) is 24.1. The van der Waals surface area contributed by atoms with Crippen molar-refractivity contribution in [2.24, 2.45) is 0 Å². The number of benzene rings is 9. The molecule has 4 amide bonds. The van der Waals surface area contributed by atoms with Crippen LogP contribution >= 0.6 is 0 Å². The molecule has 2 aliphatic rings. The van der Waals surface area contributed by atoms with Crippen LogP contribution in [0, 0.1) is 0 Å². The van der Waals surface area contributed by atoms with Gasteiger partial charge < -0.3 is 37.9 Å². The Morgan fingerprint density at radius 3 is 0.674 bits per heavy atom. The predicted molar refractivity (Wildman–Crippen MR) is 364 cm³/mol. The number of ether oxygens (including phenoxy) is 8. The van der Waals surface area contributed by atoms with E-state index in [0.717, 1.165) is 103 Å². The molecule has 0 unspecified atom stereocenters. The Labute approximate surface area is 540 Å². The molecule has 14 heteroatoms. The third-order valence-corrected chi connectivity index (χ3v) is 17.2. The van der Waals surface area contributed by atoms with Gasteiger partial charge in [-0.2, -0.15) is 0 Å². The van der Waals surface area contributed by atoms with Gasteiger partial charge in [-0.05, 0) is 160 Å². The minimum atomic E-state index is -0.492. The van der Waals surface area contributed by atoms with Crippen molar-refractivity contribution in [3.63, 3.8) is 0 Å². The van der Waals surface area contributed by atoms with E-state index in [2.05, 4.69) is 27.7 Å². The minimum absolute atomic E-state index is 0.153. The molecule has 14 nitrogen and oxygen atoms in total. The first-order valence-electron chi connectivity index (χ1n) is 33.8. The maximum atomic E-state index is 15.3. The highest BCUT2D eigenvalue weighted by Gasteiger charge is 2.41. The van der Waals surface area contributed by atoms with Crippen LogP contribution in [-0.4, -0.2) is 72.9 Å². The van der Waals surface area contributed by atoms with Crippen molar-refractivity contribution in [2.75, 3.05) is 39.5 Å². The van der Waals surface area contributed by atoms with E-state index < -0.39 is 23.6 Å². The van der Waals surface area contributed by atoms with E-state index >= 15 is 19.2 Å². The first-order valence-corrected chi connectivity index (χ1v) is 33.8. The molecule has 0 spiro atoms. The Kier molecular flexibility index (Phi) is 21.3. The first kappa shape index (κ1) is 64.5. The van der Waals surface area contributed by atoms with Gasteiger partial charge in [0.2, 0.25) is 0 Å². The molecule has 0 aromatic heterocycles. The summed E-state index contributed by atoms with van der Waals surface area (Å²) in [6, 6.07) is 36.4. The highest BCUT2D eigenvalue weighted by molar-refractivity contribution is 6.44. The molecule has 480 valence electrons. The molecule has 92 heavy (non-hydrogen) atoms. The molecule has 2 aliphatic heterocycles. The number of carbonyl (C=O) groups is 4. The van der Waals surface area contributed by atoms with Crippen LogP contribution < -0.4 is 37.9 Å². The van der Waals surface area contributed by atoms with Gasteiger partial charge in [-0.25, -0.2) is 0 Å². The van der Waals surface area contributed by atoms with Crippen molar-refractivity contribution >= 4 is 66.7 Å². The predicted octanol–water partition coefficient (Wildman–Crippen LogP) is 20.8. The fourth-order valence-corrected chi connectivity index (χ4v) is 12.6. The highest BCUT2D eigenvalue weighted by Crippen LogP contribution is 2.58. The minimum Gasteiger partial charge on any atom is -0.494 e. The third kappa shape index (κ3) is 13.9. The number of amides is 4. The van der Waals surface area contributed by atoms with E-state index in [1.54, 1.807) is 24.3 Å². The van der Waals surface area contributed by atoms with Crippen molar-refractivity contribution in [1.82, 2.24) is 9.80 Å². The van der Waals surface area contributed by atoms with E-state index in [4.69, 9.17) is 37.9 Å². The Bertz CT molecular complexity index is 3540. The number of nitrogens with zero attached hydrogens (tertiary/aromatic N) is 2. The molecule has 9 aromatic rings. The molecular weight excluding hydrogens is 1160 g/mol. The van der Waals surface area contributed by atoms with Gasteiger partial charge >= 0.3 is 0 Å². The molecule has 0 fully saturated rings. The van der Waals surface area contributed by atoms with Crippen LogP contribution in [-0.2, 0) is 0 Å². The quantitative estimate of drug-likeness (QED) is 0.0159. The molecule has 0 N–H and O–H groups in total. The number of fused-ring (bicyclic) bond motifs is 2. The van der Waals surface area contributed by atoms with Crippen LogP contribution in [0.2, 0.25) is 0 Å². The van der Waals surface area contributed by atoms with Crippen LogP contribution in [0.25, 0.3) is 43.1 Å². The van der Waals surface area contributed by atoms with Crippen molar-refractivity contribution in [1.29, 1.82) is 0 Å². The van der Waals surface area contributed by atoms with Gasteiger partial charge in [-0.15, -0.1) is 0 Å². The van der Waals surface area contributed by atoms with Gasteiger partial charge in [0.05, 0.1) is 48.7 Å². The molecule has 11 rings (SSSR count). The summed E-state index contributed by atoms with van der Waals surface area (Å²) in [5.74, 6) is 3.39. The molecular formula is C78H86N2O12. The summed E-state index contributed by atoms with van der Waals surface area (Å²) in [6.07, 6.45) is 18.0. The van der Waals surface area contributed by atoms with Gasteiger partial charge in [-0.3, -0.25) is 29.0 Å². The zero-order chi connectivity index (χ0) is 64.1. The van der Waals surface area contributed by atoms with E-state index in [-0.39, 0.29) is 58.3 Å². The van der Waals surface area contributed by atoms with Crippen molar-refractivity contribution in [3.8, 4) is 69.0 Å². The Morgan fingerprint density at radius 1 is 0.250 bits per heavy atom. The van der Waals surface area contributed by atoms with Gasteiger partial charge in [0.25, 0.3) is 23.6 Å². The normalized spacial score (nSPS) is 12.9. The summed E-state index contributed by atoms with van der Waals surface area (Å²) in [7, 11) is 0. The van der Waals surface area contributed by atoms with Crippen LogP contribution in [0.1, 0.15) is 199 Å². The molecule has 0 saturated heterocycles. The fourth-order valence-electron chi connectivity index (χ4n) is 12.6. The molecule has 0 saturated carbocycles. The van der Waals surface area contributed by atoms with E-state index in [9.17, 15) is 0 Å². The summed E-state index contributed by atoms with van der Waals surface area (Å²) in [4.78, 5) is 64.0. The van der Waals surface area contributed by atoms with Crippen molar-refractivity contribution < 1.29 is 57.1 Å². The lowest BCUT2D eigenvalue weighted by atomic mass is 9.80. The Morgan fingerprint density at radius 2 is 0.467 bits per heavy atom. The molecule has 0 atom stereocenters. The van der Waals surface area contributed by atoms with Gasteiger partial charge in [-0.1, -0.05) is 119 Å². The van der Waals surface area contributed by atoms with E-state index in [0.29, 0.717) is 128 Å². The van der Waals surface area contributed by atoms with Crippen molar-refractivity contribution in [3.05, 3.63) is 144 Å². The Balaban J connectivity index is 1.21. The number of carbonyl (C=O) groups excluding carboxylic acids is 4. The molecule has 2 heterocycles. The molecule has 0 radical (unpaired) electrons. The largest absolute Gasteiger partial charge is 0.494 e. The second-order valence-corrected chi connectivity index (χ2v) is 24.1. The smallest absolute Gasteiger partial charge is 0.261 e. The van der Waals surface area contributed by atoms with Crippen molar-refractivity contribution in [2.45, 2.75) is 157 Å². The first-order chi connectivity index (χ1) is 45.1. The van der Waals surface area contributed by atoms with Crippen LogP contribution in [0.15, 0.2) is 121 Å². The lowest BCUT2D eigenvalue weighted by molar-refractivity contribution is 0.0595. The molecule has 9 aromatic carbocycles. The summed E-state index contributed by atoms with van der Waals surface area (Å²) in [5.41, 5.74) is 0.934. The average Bonchev–Trinajstić information content (AvgIpc) is 0.674. The molecule has 0 bridgehead atoms. The van der Waals surface area contributed by atoms with Gasteiger partial charge in [0.15, 0.2) is 0 Å². The Hall–Kier alpha value is -9.04. The summed E-state index contributed by atoms with van der Waals surface area (Å²) < 4.78 is 53.6. The summed E-state index contributed by atoms with van der Waals surface area (Å²) in [5, 5.41) is 3.33. The second kappa shape index (κ2) is 30.4. The molecule has 0 aliphatic carbocycles. The van der Waals surface area contributed by atoms with Crippen LogP contribution in [0.3, 0.4) is 0 Å². The lowest BCUT2D eigenvalue weighted by Gasteiger charge is -2.32. The maximum absolute atomic E-state index is 15.3. The van der Waals surface area contributed by atoms with Gasteiger partial charge in [0.1, 0.15) is 69.0 Å².